The maximum absolute atomic E-state index is 10.4. The van der Waals surface area contributed by atoms with Crippen LogP contribution < -0.4 is 0 Å². The Morgan fingerprint density at radius 3 is 2.36 bits per heavy atom. The number of rotatable bonds is 5. The molecule has 3 N–H and O–H groups in total. The Hall–Kier alpha value is -0.650. The van der Waals surface area contributed by atoms with Gasteiger partial charge in [-0.05, 0) is 7.05 Å². The fraction of sp³-hybridized carbons (Fsp3) is 0.833. The van der Waals surface area contributed by atoms with Crippen molar-refractivity contribution >= 4 is 5.97 Å². The van der Waals surface area contributed by atoms with Gasteiger partial charge in [0.25, 0.3) is 0 Å². The summed E-state index contributed by atoms with van der Waals surface area (Å²) >= 11 is 0. The maximum atomic E-state index is 10.4. The molecule has 0 saturated carbocycles. The first-order valence-corrected chi connectivity index (χ1v) is 3.28. The van der Waals surface area contributed by atoms with Crippen LogP contribution >= 0.6 is 0 Å². The third kappa shape index (κ3) is 3.31. The van der Waals surface area contributed by atoms with E-state index >= 15 is 0 Å². The van der Waals surface area contributed by atoms with Gasteiger partial charge in [-0.25, -0.2) is 0 Å². The smallest absolute Gasteiger partial charge is 0.323 e. The molecule has 0 fully saturated rings. The normalized spacial score (nSPS) is 13.5. The van der Waals surface area contributed by atoms with Crippen LogP contribution in [0.5, 0.6) is 0 Å². The predicted molar refractivity (Wildman–Crippen MR) is 38.2 cm³/mol. The van der Waals surface area contributed by atoms with Crippen molar-refractivity contribution < 1.29 is 20.1 Å². The van der Waals surface area contributed by atoms with E-state index in [1.165, 1.54) is 11.9 Å². The lowest BCUT2D eigenvalue weighted by atomic mass is 10.3. The third-order valence-corrected chi connectivity index (χ3v) is 1.44. The summed E-state index contributed by atoms with van der Waals surface area (Å²) in [6.07, 6.45) is 0. The minimum atomic E-state index is -1.08. The van der Waals surface area contributed by atoms with Crippen molar-refractivity contribution in [1.29, 1.82) is 0 Å². The molecule has 0 amide bonds. The molecular formula is C6H13NO4. The number of aliphatic carboxylic acids is 1. The Bertz CT molecular complexity index is 128. The zero-order valence-corrected chi connectivity index (χ0v) is 6.40. The summed E-state index contributed by atoms with van der Waals surface area (Å²) in [6, 6.07) is -0.915. The summed E-state index contributed by atoms with van der Waals surface area (Å²) < 4.78 is 0. The van der Waals surface area contributed by atoms with E-state index in [9.17, 15) is 4.79 Å². The van der Waals surface area contributed by atoms with Gasteiger partial charge in [-0.15, -0.1) is 0 Å². The van der Waals surface area contributed by atoms with Gasteiger partial charge in [-0.3, -0.25) is 9.69 Å². The summed E-state index contributed by atoms with van der Waals surface area (Å²) in [5, 5.41) is 25.5. The van der Waals surface area contributed by atoms with Gasteiger partial charge < -0.3 is 15.3 Å². The van der Waals surface area contributed by atoms with Crippen molar-refractivity contribution in [3.8, 4) is 0 Å². The van der Waals surface area contributed by atoms with Gasteiger partial charge in [0.05, 0.1) is 13.2 Å². The first-order chi connectivity index (χ1) is 5.13. The number of nitrogens with zero attached hydrogens (tertiary/aromatic N) is 1. The molecule has 0 rings (SSSR count). The monoisotopic (exact) mass is 163 g/mol. The molecule has 0 aromatic rings. The fourth-order valence-electron chi connectivity index (χ4n) is 0.720. The van der Waals surface area contributed by atoms with Crippen LogP contribution in [0.1, 0.15) is 0 Å². The molecule has 5 nitrogen and oxygen atoms in total. The van der Waals surface area contributed by atoms with Crippen molar-refractivity contribution in [3.05, 3.63) is 0 Å². The van der Waals surface area contributed by atoms with Crippen molar-refractivity contribution in [3.63, 3.8) is 0 Å². The summed E-state index contributed by atoms with van der Waals surface area (Å²) in [5.74, 6) is -1.08. The lowest BCUT2D eigenvalue weighted by Gasteiger charge is -2.21. The van der Waals surface area contributed by atoms with Crippen molar-refractivity contribution in [2.75, 3.05) is 26.8 Å². The molecule has 0 spiro atoms. The number of hydrogen-bond acceptors (Lipinski definition) is 4. The predicted octanol–water partition coefficient (Wildman–Crippen LogP) is -1.64. The number of carbonyl (C=O) groups is 1. The molecule has 11 heavy (non-hydrogen) atoms. The van der Waals surface area contributed by atoms with Crippen LogP contribution in [0.3, 0.4) is 0 Å². The average molecular weight is 163 g/mol. The molecule has 0 aromatic carbocycles. The van der Waals surface area contributed by atoms with Crippen LogP contribution in [0.2, 0.25) is 0 Å². The minimum Gasteiger partial charge on any atom is -0.480 e. The first kappa shape index (κ1) is 10.3. The van der Waals surface area contributed by atoms with Gasteiger partial charge in [0.1, 0.15) is 6.04 Å². The molecule has 66 valence electrons. The molecule has 0 aliphatic rings. The van der Waals surface area contributed by atoms with Crippen molar-refractivity contribution in [2.45, 2.75) is 6.04 Å². The Balaban J connectivity index is 3.91. The number of likely N-dealkylation sites (N-methyl/N-ethyl adjacent to an activating group) is 1. The molecule has 0 radical (unpaired) electrons. The highest BCUT2D eigenvalue weighted by Gasteiger charge is 2.20. The number of carboxylic acid groups (broad SMARTS) is 1. The van der Waals surface area contributed by atoms with Crippen molar-refractivity contribution in [2.24, 2.45) is 0 Å². The van der Waals surface area contributed by atoms with Gasteiger partial charge in [-0.1, -0.05) is 0 Å². The molecule has 0 heterocycles. The number of aliphatic hydroxyl groups excluding tert-OH is 2. The first-order valence-electron chi connectivity index (χ1n) is 3.28. The SMILES string of the molecule is CN(CCO)C(CO)C(=O)O. The van der Waals surface area contributed by atoms with Crippen LogP contribution in [-0.2, 0) is 4.79 Å². The summed E-state index contributed by atoms with van der Waals surface area (Å²) in [6.45, 7) is -0.302. The van der Waals surface area contributed by atoms with Gasteiger partial charge in [0, 0.05) is 6.54 Å². The van der Waals surface area contributed by atoms with Crippen LogP contribution in [0.25, 0.3) is 0 Å². The quantitative estimate of drug-likeness (QED) is 0.452. The highest BCUT2D eigenvalue weighted by atomic mass is 16.4. The molecule has 0 aromatic heterocycles. The maximum Gasteiger partial charge on any atom is 0.323 e. The number of carboxylic acids is 1. The Morgan fingerprint density at radius 1 is 1.55 bits per heavy atom. The summed E-state index contributed by atoms with van der Waals surface area (Å²) in [7, 11) is 1.53. The van der Waals surface area contributed by atoms with Crippen LogP contribution in [0, 0.1) is 0 Å². The minimum absolute atomic E-state index is 0.111. The summed E-state index contributed by atoms with van der Waals surface area (Å²) in [4.78, 5) is 11.7. The molecule has 0 bridgehead atoms. The van der Waals surface area contributed by atoms with Crippen LogP contribution in [-0.4, -0.2) is 59.0 Å². The van der Waals surface area contributed by atoms with E-state index in [4.69, 9.17) is 15.3 Å². The highest BCUT2D eigenvalue weighted by molar-refractivity contribution is 5.73. The highest BCUT2D eigenvalue weighted by Crippen LogP contribution is 1.94. The number of hydrogen-bond donors (Lipinski definition) is 3. The Labute approximate surface area is 64.9 Å². The molecule has 0 saturated heterocycles. The van der Waals surface area contributed by atoms with Gasteiger partial charge in [0.2, 0.25) is 0 Å². The van der Waals surface area contributed by atoms with E-state index in [0.29, 0.717) is 0 Å². The van der Waals surface area contributed by atoms with E-state index in [0.717, 1.165) is 0 Å². The Kier molecular flexibility index (Phi) is 4.76. The molecule has 1 atom stereocenters. The van der Waals surface area contributed by atoms with Gasteiger partial charge in [0.15, 0.2) is 0 Å². The molecular weight excluding hydrogens is 150 g/mol. The van der Waals surface area contributed by atoms with E-state index in [1.54, 1.807) is 0 Å². The Morgan fingerprint density at radius 2 is 2.09 bits per heavy atom. The van der Waals surface area contributed by atoms with E-state index in [1.807, 2.05) is 0 Å². The molecule has 0 aliphatic carbocycles. The number of aliphatic hydroxyl groups is 2. The fourth-order valence-corrected chi connectivity index (χ4v) is 0.720. The molecule has 1 unspecified atom stereocenters. The molecule has 5 heteroatoms. The van der Waals surface area contributed by atoms with Crippen LogP contribution in [0.15, 0.2) is 0 Å². The lowest BCUT2D eigenvalue weighted by Crippen LogP contribution is -2.42. The van der Waals surface area contributed by atoms with Gasteiger partial charge in [-0.2, -0.15) is 0 Å². The second-order valence-corrected chi connectivity index (χ2v) is 2.24. The largest absolute Gasteiger partial charge is 0.480 e. The second kappa shape index (κ2) is 5.06. The van der Waals surface area contributed by atoms with Crippen LogP contribution in [0.4, 0.5) is 0 Å². The van der Waals surface area contributed by atoms with E-state index in [2.05, 4.69) is 0 Å². The second-order valence-electron chi connectivity index (χ2n) is 2.24. The topological polar surface area (TPSA) is 81.0 Å². The van der Waals surface area contributed by atoms with Crippen molar-refractivity contribution in [1.82, 2.24) is 4.90 Å². The lowest BCUT2D eigenvalue weighted by molar-refractivity contribution is -0.144. The summed E-state index contributed by atoms with van der Waals surface area (Å²) in [5.41, 5.74) is 0. The standard InChI is InChI=1S/C6H13NO4/c1-7(2-3-8)5(4-9)6(10)11/h5,8-9H,2-4H2,1H3,(H,10,11). The van der Waals surface area contributed by atoms with E-state index in [-0.39, 0.29) is 13.2 Å². The molecule has 0 aliphatic heterocycles. The average Bonchev–Trinajstić information content (AvgIpc) is 1.88. The zero-order chi connectivity index (χ0) is 8.85. The van der Waals surface area contributed by atoms with Gasteiger partial charge >= 0.3 is 5.97 Å². The zero-order valence-electron chi connectivity index (χ0n) is 6.40. The third-order valence-electron chi connectivity index (χ3n) is 1.44. The van der Waals surface area contributed by atoms with E-state index < -0.39 is 18.6 Å².